The molecule has 0 saturated heterocycles. The van der Waals surface area contributed by atoms with Gasteiger partial charge in [0, 0.05) is 11.1 Å². The predicted octanol–water partition coefficient (Wildman–Crippen LogP) is 6.09. The molecule has 5 aromatic rings. The molecule has 1 aliphatic rings. The summed E-state index contributed by atoms with van der Waals surface area (Å²) in [5.41, 5.74) is 3.56. The third-order valence-corrected chi connectivity index (χ3v) is 7.33. The van der Waals surface area contributed by atoms with E-state index >= 15 is 0 Å². The molecule has 30 heavy (non-hydrogen) atoms. The van der Waals surface area contributed by atoms with Gasteiger partial charge in [0.05, 0.1) is 31.4 Å². The van der Waals surface area contributed by atoms with Gasteiger partial charge in [-0.15, -0.1) is 11.3 Å². The van der Waals surface area contributed by atoms with Gasteiger partial charge in [-0.1, -0.05) is 47.7 Å². The van der Waals surface area contributed by atoms with Crippen LogP contribution in [0.15, 0.2) is 60.7 Å². The summed E-state index contributed by atoms with van der Waals surface area (Å²) in [5.74, 6) is 0.850. The number of aryl methyl sites for hydroxylation is 1. The normalized spacial score (nSPS) is 13.1. The molecular weight excluding hydrogens is 414 g/mol. The van der Waals surface area contributed by atoms with Gasteiger partial charge in [0.25, 0.3) is 0 Å². The van der Waals surface area contributed by atoms with Crippen molar-refractivity contribution in [2.24, 2.45) is 0 Å². The highest BCUT2D eigenvalue weighted by Gasteiger charge is 2.32. The van der Waals surface area contributed by atoms with Gasteiger partial charge in [-0.05, 0) is 31.2 Å². The fourth-order valence-electron chi connectivity index (χ4n) is 3.91. The number of carbonyl (C=O) groups is 1. The molecule has 1 aliphatic heterocycles. The number of thiazole rings is 2. The number of fused-ring (bicyclic) bond motifs is 5. The number of rotatable bonds is 2. The Morgan fingerprint density at radius 1 is 0.867 bits per heavy atom. The minimum Gasteiger partial charge on any atom is -0.457 e. The minimum atomic E-state index is -0.455. The molecule has 3 aromatic carbocycles. The zero-order valence-corrected chi connectivity index (χ0v) is 17.5. The SMILES string of the molecule is Cc1nc2ccc3nc(NC(=O)C4c5ccccc5Oc5ccccc54)sc3c2s1. The predicted molar refractivity (Wildman–Crippen MR) is 121 cm³/mol. The van der Waals surface area contributed by atoms with E-state index in [1.54, 1.807) is 11.3 Å². The largest absolute Gasteiger partial charge is 0.457 e. The molecule has 6 rings (SSSR count). The van der Waals surface area contributed by atoms with Crippen LogP contribution in [0.5, 0.6) is 11.5 Å². The second kappa shape index (κ2) is 6.62. The second-order valence-corrected chi connectivity index (χ2v) is 9.32. The van der Waals surface area contributed by atoms with Gasteiger partial charge in [0.15, 0.2) is 5.13 Å². The molecule has 3 heterocycles. The molecular formula is C23H15N3O2S2. The number of hydrogen-bond acceptors (Lipinski definition) is 6. The monoisotopic (exact) mass is 429 g/mol. The highest BCUT2D eigenvalue weighted by atomic mass is 32.1. The van der Waals surface area contributed by atoms with Crippen LogP contribution in [0.3, 0.4) is 0 Å². The maximum Gasteiger partial charge on any atom is 0.238 e. The number of ether oxygens (including phenoxy) is 1. The van der Waals surface area contributed by atoms with Crippen LogP contribution in [0.1, 0.15) is 22.1 Å². The van der Waals surface area contributed by atoms with E-state index in [2.05, 4.69) is 15.3 Å². The molecule has 0 radical (unpaired) electrons. The summed E-state index contributed by atoms with van der Waals surface area (Å²) >= 11 is 3.14. The van der Waals surface area contributed by atoms with Crippen molar-refractivity contribution in [1.82, 2.24) is 9.97 Å². The molecule has 0 bridgehead atoms. The lowest BCUT2D eigenvalue weighted by molar-refractivity contribution is -0.116. The number of amides is 1. The van der Waals surface area contributed by atoms with Crippen molar-refractivity contribution in [1.29, 1.82) is 0 Å². The zero-order chi connectivity index (χ0) is 20.2. The molecule has 0 atom stereocenters. The molecule has 0 fully saturated rings. The van der Waals surface area contributed by atoms with Crippen LogP contribution < -0.4 is 10.1 Å². The van der Waals surface area contributed by atoms with Gasteiger partial charge < -0.3 is 10.1 Å². The fourth-order valence-corrected chi connectivity index (χ4v) is 5.92. The number of nitrogens with one attached hydrogen (secondary N) is 1. The molecule has 1 amide bonds. The number of anilines is 1. The average molecular weight is 430 g/mol. The first kappa shape index (κ1) is 17.6. The summed E-state index contributed by atoms with van der Waals surface area (Å²) in [6, 6.07) is 19.3. The number of hydrogen-bond donors (Lipinski definition) is 1. The molecule has 1 N–H and O–H groups in total. The smallest absolute Gasteiger partial charge is 0.238 e. The van der Waals surface area contributed by atoms with Crippen molar-refractivity contribution in [2.75, 3.05) is 5.32 Å². The van der Waals surface area contributed by atoms with E-state index in [0.717, 1.165) is 36.6 Å². The summed E-state index contributed by atoms with van der Waals surface area (Å²) < 4.78 is 8.18. The highest BCUT2D eigenvalue weighted by Crippen LogP contribution is 2.44. The Balaban J connectivity index is 1.41. The van der Waals surface area contributed by atoms with Crippen LogP contribution in [0.25, 0.3) is 20.4 Å². The lowest BCUT2D eigenvalue weighted by Gasteiger charge is -2.27. The topological polar surface area (TPSA) is 64.1 Å². The summed E-state index contributed by atoms with van der Waals surface area (Å²) in [6.45, 7) is 2.00. The summed E-state index contributed by atoms with van der Waals surface area (Å²) in [6.07, 6.45) is 0. The molecule has 146 valence electrons. The van der Waals surface area contributed by atoms with E-state index < -0.39 is 5.92 Å². The molecule has 0 unspecified atom stereocenters. The van der Waals surface area contributed by atoms with Crippen molar-refractivity contribution in [3.05, 3.63) is 76.8 Å². The fraction of sp³-hybridized carbons (Fsp3) is 0.0870. The lowest BCUT2D eigenvalue weighted by atomic mass is 9.87. The third-order valence-electron chi connectivity index (χ3n) is 5.19. The van der Waals surface area contributed by atoms with Crippen LogP contribution in [-0.4, -0.2) is 15.9 Å². The van der Waals surface area contributed by atoms with E-state index in [1.807, 2.05) is 67.6 Å². The Morgan fingerprint density at radius 3 is 2.17 bits per heavy atom. The maximum atomic E-state index is 13.4. The zero-order valence-electron chi connectivity index (χ0n) is 15.9. The van der Waals surface area contributed by atoms with Gasteiger partial charge in [-0.25, -0.2) is 9.97 Å². The maximum absolute atomic E-state index is 13.4. The minimum absolute atomic E-state index is 0.117. The number of nitrogens with zero attached hydrogens (tertiary/aromatic N) is 2. The Hall–Kier alpha value is -3.29. The lowest BCUT2D eigenvalue weighted by Crippen LogP contribution is -2.24. The first-order valence-corrected chi connectivity index (χ1v) is 11.1. The summed E-state index contributed by atoms with van der Waals surface area (Å²) in [5, 5.41) is 4.66. The van der Waals surface area contributed by atoms with Crippen molar-refractivity contribution in [2.45, 2.75) is 12.8 Å². The second-order valence-electron chi connectivity index (χ2n) is 7.11. The van der Waals surface area contributed by atoms with Crippen molar-refractivity contribution < 1.29 is 9.53 Å². The van der Waals surface area contributed by atoms with Crippen LogP contribution in [0.4, 0.5) is 5.13 Å². The Kier molecular flexibility index (Phi) is 3.87. The molecule has 0 aliphatic carbocycles. The Morgan fingerprint density at radius 2 is 1.47 bits per heavy atom. The van der Waals surface area contributed by atoms with E-state index in [9.17, 15) is 4.79 Å². The van der Waals surface area contributed by atoms with E-state index in [1.165, 1.54) is 11.3 Å². The highest BCUT2D eigenvalue weighted by molar-refractivity contribution is 7.28. The number of benzene rings is 3. The summed E-state index contributed by atoms with van der Waals surface area (Å²) in [4.78, 5) is 22.6. The van der Waals surface area contributed by atoms with Gasteiger partial charge in [-0.2, -0.15) is 0 Å². The first-order chi connectivity index (χ1) is 14.7. The van der Waals surface area contributed by atoms with Crippen molar-refractivity contribution in [3.8, 4) is 11.5 Å². The first-order valence-electron chi connectivity index (χ1n) is 9.50. The molecule has 5 nitrogen and oxygen atoms in total. The van der Waals surface area contributed by atoms with Gasteiger partial charge >= 0.3 is 0 Å². The Bertz CT molecular complexity index is 1410. The number of carbonyl (C=O) groups excluding carboxylic acids is 1. The molecule has 7 heteroatoms. The summed E-state index contributed by atoms with van der Waals surface area (Å²) in [7, 11) is 0. The van der Waals surface area contributed by atoms with Crippen LogP contribution in [-0.2, 0) is 4.79 Å². The van der Waals surface area contributed by atoms with Gasteiger partial charge in [0.2, 0.25) is 5.91 Å². The van der Waals surface area contributed by atoms with E-state index in [4.69, 9.17) is 4.74 Å². The quantitative estimate of drug-likeness (QED) is 0.369. The van der Waals surface area contributed by atoms with E-state index in [-0.39, 0.29) is 5.91 Å². The molecule has 0 saturated carbocycles. The number of aromatic nitrogens is 2. The van der Waals surface area contributed by atoms with Gasteiger partial charge in [0.1, 0.15) is 11.5 Å². The van der Waals surface area contributed by atoms with Crippen molar-refractivity contribution >= 4 is 54.1 Å². The van der Waals surface area contributed by atoms with Crippen LogP contribution in [0.2, 0.25) is 0 Å². The third kappa shape index (κ3) is 2.70. The van der Waals surface area contributed by atoms with Crippen molar-refractivity contribution in [3.63, 3.8) is 0 Å². The molecule has 2 aromatic heterocycles. The Labute approximate surface area is 180 Å². The molecule has 0 spiro atoms. The standard InChI is InChI=1S/C23H15N3O2S2/c1-12-24-15-10-11-16-21(20(15)29-12)30-23(25-16)26-22(27)19-13-6-2-4-8-17(13)28-18-9-5-3-7-14(18)19/h2-11,19H,1H3,(H,25,26,27). The number of para-hydroxylation sites is 2. The van der Waals surface area contributed by atoms with Gasteiger partial charge in [-0.3, -0.25) is 4.79 Å². The van der Waals surface area contributed by atoms with Crippen LogP contribution >= 0.6 is 22.7 Å². The van der Waals surface area contributed by atoms with E-state index in [0.29, 0.717) is 16.6 Å². The van der Waals surface area contributed by atoms with Crippen LogP contribution in [0, 0.1) is 6.92 Å². The average Bonchev–Trinajstić information content (AvgIpc) is 3.33.